The van der Waals surface area contributed by atoms with Crippen LogP contribution in [0.5, 0.6) is 11.5 Å². The summed E-state index contributed by atoms with van der Waals surface area (Å²) >= 11 is 0. The minimum atomic E-state index is -0.704. The molecule has 162 valence electrons. The van der Waals surface area contributed by atoms with E-state index >= 15 is 0 Å². The van der Waals surface area contributed by atoms with Gasteiger partial charge in [-0.2, -0.15) is 5.10 Å². The number of ether oxygens (including phenoxy) is 2. The number of nitro benzene ring substituents is 1. The van der Waals surface area contributed by atoms with Gasteiger partial charge in [-0.15, -0.1) is 0 Å². The molecule has 0 fully saturated rings. The number of esters is 1. The van der Waals surface area contributed by atoms with Crippen LogP contribution in [0.1, 0.15) is 31.8 Å². The summed E-state index contributed by atoms with van der Waals surface area (Å²) < 4.78 is 10.3. The van der Waals surface area contributed by atoms with E-state index in [1.54, 1.807) is 42.5 Å². The van der Waals surface area contributed by atoms with Crippen molar-refractivity contribution in [2.24, 2.45) is 5.10 Å². The second kappa shape index (κ2) is 9.98. The summed E-state index contributed by atoms with van der Waals surface area (Å²) in [6.45, 7) is 1.82. The number of hydrazone groups is 1. The highest BCUT2D eigenvalue weighted by molar-refractivity contribution is 5.95. The Balaban J connectivity index is 1.71. The van der Waals surface area contributed by atoms with Gasteiger partial charge in [-0.05, 0) is 55.5 Å². The van der Waals surface area contributed by atoms with Crippen LogP contribution in [0.3, 0.4) is 0 Å². The van der Waals surface area contributed by atoms with Crippen LogP contribution in [0.2, 0.25) is 0 Å². The summed E-state index contributed by atoms with van der Waals surface area (Å²) in [7, 11) is 1.52. The molecule has 32 heavy (non-hydrogen) atoms. The number of rotatable bonds is 7. The lowest BCUT2D eigenvalue weighted by atomic mass is 10.1. The van der Waals surface area contributed by atoms with Crippen LogP contribution in [0, 0.1) is 17.0 Å². The van der Waals surface area contributed by atoms with Gasteiger partial charge in [0, 0.05) is 17.2 Å². The van der Waals surface area contributed by atoms with Crippen LogP contribution in [-0.4, -0.2) is 30.1 Å². The van der Waals surface area contributed by atoms with E-state index in [1.165, 1.54) is 31.5 Å². The van der Waals surface area contributed by atoms with Crippen molar-refractivity contribution in [1.82, 2.24) is 5.43 Å². The van der Waals surface area contributed by atoms with Crippen molar-refractivity contribution in [1.29, 1.82) is 0 Å². The van der Waals surface area contributed by atoms with Crippen molar-refractivity contribution < 1.29 is 24.0 Å². The van der Waals surface area contributed by atoms with Crippen LogP contribution in [0.15, 0.2) is 71.8 Å². The predicted octanol–water partition coefficient (Wildman–Crippen LogP) is 3.89. The van der Waals surface area contributed by atoms with Gasteiger partial charge in [0.1, 0.15) is 5.75 Å². The number of methoxy groups -OCH3 is 1. The van der Waals surface area contributed by atoms with Crippen LogP contribution >= 0.6 is 0 Å². The fraction of sp³-hybridized carbons (Fsp3) is 0.0870. The van der Waals surface area contributed by atoms with Gasteiger partial charge >= 0.3 is 11.7 Å². The number of nitrogens with one attached hydrogen (secondary N) is 1. The van der Waals surface area contributed by atoms with Gasteiger partial charge in [0.2, 0.25) is 5.75 Å². The summed E-state index contributed by atoms with van der Waals surface area (Å²) in [5.41, 5.74) is 3.78. The van der Waals surface area contributed by atoms with Gasteiger partial charge in [0.05, 0.1) is 23.8 Å². The van der Waals surface area contributed by atoms with Gasteiger partial charge in [-0.3, -0.25) is 14.9 Å². The Kier molecular flexibility index (Phi) is 6.92. The van der Waals surface area contributed by atoms with Crippen molar-refractivity contribution >= 4 is 23.8 Å². The van der Waals surface area contributed by atoms with Gasteiger partial charge in [-0.25, -0.2) is 10.2 Å². The molecule has 1 N–H and O–H groups in total. The molecule has 9 nitrogen and oxygen atoms in total. The molecular weight excluding hydrogens is 414 g/mol. The van der Waals surface area contributed by atoms with E-state index in [-0.39, 0.29) is 11.3 Å². The zero-order valence-electron chi connectivity index (χ0n) is 17.3. The molecule has 0 aromatic heterocycles. The molecule has 0 saturated carbocycles. The highest BCUT2D eigenvalue weighted by Gasteiger charge is 2.19. The quantitative estimate of drug-likeness (QED) is 0.198. The molecule has 3 aromatic carbocycles. The molecule has 0 aliphatic rings. The maximum atomic E-state index is 12.3. The highest BCUT2D eigenvalue weighted by Crippen LogP contribution is 2.28. The number of carbonyl (C=O) groups is 2. The van der Waals surface area contributed by atoms with Crippen molar-refractivity contribution in [3.05, 3.63) is 99.1 Å². The molecule has 9 heteroatoms. The number of nitro groups is 1. The Hall–Kier alpha value is -4.53. The van der Waals surface area contributed by atoms with Crippen LogP contribution in [-0.2, 0) is 0 Å². The van der Waals surface area contributed by atoms with Crippen molar-refractivity contribution in [3.63, 3.8) is 0 Å². The highest BCUT2D eigenvalue weighted by atomic mass is 16.6. The summed E-state index contributed by atoms with van der Waals surface area (Å²) in [6.07, 6.45) is 1.25. The average Bonchev–Trinajstić information content (AvgIpc) is 2.79. The normalized spacial score (nSPS) is 10.6. The molecule has 3 aromatic rings. The van der Waals surface area contributed by atoms with Crippen LogP contribution in [0.4, 0.5) is 5.69 Å². The second-order valence-corrected chi connectivity index (χ2v) is 6.67. The third-order valence-electron chi connectivity index (χ3n) is 4.37. The molecule has 0 aliphatic carbocycles. The summed E-state index contributed by atoms with van der Waals surface area (Å²) in [4.78, 5) is 35.2. The third kappa shape index (κ3) is 5.54. The van der Waals surface area contributed by atoms with Crippen molar-refractivity contribution in [2.45, 2.75) is 6.92 Å². The first-order chi connectivity index (χ1) is 15.4. The Labute approximate surface area is 183 Å². The topological polar surface area (TPSA) is 120 Å². The SMILES string of the molecule is COc1ccc(C(=O)NN=Cc2ccc(OC(=O)c3cccc(C)c3)c([N+](=O)[O-])c2)cc1. The molecule has 0 atom stereocenters. The maximum absolute atomic E-state index is 12.3. The van der Waals surface area contributed by atoms with Crippen molar-refractivity contribution in [3.8, 4) is 11.5 Å². The number of hydrogen-bond acceptors (Lipinski definition) is 7. The first kappa shape index (κ1) is 22.2. The molecular formula is C23H19N3O6. The molecule has 0 radical (unpaired) electrons. The minimum Gasteiger partial charge on any atom is -0.497 e. The Bertz CT molecular complexity index is 1190. The van der Waals surface area contributed by atoms with Crippen LogP contribution in [0.25, 0.3) is 0 Å². The lowest BCUT2D eigenvalue weighted by Gasteiger charge is -2.06. The van der Waals surface area contributed by atoms with E-state index in [9.17, 15) is 19.7 Å². The molecule has 0 unspecified atom stereocenters. The van der Waals surface area contributed by atoms with E-state index in [0.29, 0.717) is 16.9 Å². The molecule has 0 heterocycles. The Morgan fingerprint density at radius 3 is 2.44 bits per heavy atom. The zero-order chi connectivity index (χ0) is 23.1. The first-order valence-corrected chi connectivity index (χ1v) is 9.42. The molecule has 3 rings (SSSR count). The number of aryl methyl sites for hydroxylation is 1. The lowest BCUT2D eigenvalue weighted by Crippen LogP contribution is -2.17. The smallest absolute Gasteiger partial charge is 0.343 e. The molecule has 1 amide bonds. The molecule has 0 bridgehead atoms. The standard InChI is InChI=1S/C23H19N3O6/c1-15-4-3-5-18(12-15)23(28)32-21-11-6-16(13-20(21)26(29)30)14-24-25-22(27)17-7-9-19(31-2)10-8-17/h3-14H,1-2H3,(H,25,27). The van der Waals surface area contributed by atoms with Gasteiger partial charge in [0.25, 0.3) is 5.91 Å². The third-order valence-corrected chi connectivity index (χ3v) is 4.37. The summed E-state index contributed by atoms with van der Waals surface area (Å²) in [5.74, 6) is -0.742. The van der Waals surface area contributed by atoms with Gasteiger partial charge < -0.3 is 9.47 Å². The van der Waals surface area contributed by atoms with Gasteiger partial charge in [-0.1, -0.05) is 17.7 Å². The Morgan fingerprint density at radius 1 is 1.03 bits per heavy atom. The largest absolute Gasteiger partial charge is 0.497 e. The number of benzene rings is 3. The summed E-state index contributed by atoms with van der Waals surface area (Å²) in [5, 5.41) is 15.3. The average molecular weight is 433 g/mol. The Morgan fingerprint density at radius 2 is 1.78 bits per heavy atom. The maximum Gasteiger partial charge on any atom is 0.343 e. The van der Waals surface area contributed by atoms with Crippen molar-refractivity contribution in [2.75, 3.05) is 7.11 Å². The fourth-order valence-electron chi connectivity index (χ4n) is 2.75. The number of hydrogen-bond donors (Lipinski definition) is 1. The van der Waals surface area contributed by atoms with E-state index < -0.39 is 22.5 Å². The first-order valence-electron chi connectivity index (χ1n) is 9.42. The van der Waals surface area contributed by atoms with E-state index in [2.05, 4.69) is 10.5 Å². The van der Waals surface area contributed by atoms with E-state index in [1.807, 2.05) is 13.0 Å². The van der Waals surface area contributed by atoms with Crippen LogP contribution < -0.4 is 14.9 Å². The summed E-state index contributed by atoms with van der Waals surface area (Å²) in [6, 6.07) is 17.1. The second-order valence-electron chi connectivity index (χ2n) is 6.67. The predicted molar refractivity (Wildman–Crippen MR) is 117 cm³/mol. The molecule has 0 saturated heterocycles. The lowest BCUT2D eigenvalue weighted by molar-refractivity contribution is -0.385. The minimum absolute atomic E-state index is 0.194. The number of nitrogens with zero attached hydrogens (tertiary/aromatic N) is 2. The number of amides is 1. The number of carbonyl (C=O) groups excluding carboxylic acids is 2. The fourth-order valence-corrected chi connectivity index (χ4v) is 2.75. The molecule has 0 spiro atoms. The molecule has 0 aliphatic heterocycles. The monoisotopic (exact) mass is 433 g/mol. The zero-order valence-corrected chi connectivity index (χ0v) is 17.3. The van der Waals surface area contributed by atoms with Gasteiger partial charge in [0.15, 0.2) is 0 Å². The van der Waals surface area contributed by atoms with E-state index in [0.717, 1.165) is 5.56 Å². The van der Waals surface area contributed by atoms with E-state index in [4.69, 9.17) is 9.47 Å².